The molecule has 2 nitrogen and oxygen atoms in total. The van der Waals surface area contributed by atoms with Crippen LogP contribution in [-0.4, -0.2) is 11.6 Å². The van der Waals surface area contributed by atoms with Gasteiger partial charge in [0.2, 0.25) is 0 Å². The second-order valence-electron chi connectivity index (χ2n) is 5.03. The van der Waals surface area contributed by atoms with Gasteiger partial charge in [-0.1, -0.05) is 13.8 Å². The van der Waals surface area contributed by atoms with Crippen molar-refractivity contribution in [1.29, 1.82) is 0 Å². The summed E-state index contributed by atoms with van der Waals surface area (Å²) >= 11 is 0. The monoisotopic (exact) mass is 168 g/mol. The van der Waals surface area contributed by atoms with Crippen molar-refractivity contribution >= 4 is 5.97 Å². The molecule has 0 N–H and O–H groups in total. The predicted octanol–water partition coefficient (Wildman–Crippen LogP) is 2.13. The van der Waals surface area contributed by atoms with E-state index < -0.39 is 0 Å². The highest BCUT2D eigenvalue weighted by Crippen LogP contribution is 2.60. The lowest BCUT2D eigenvalue weighted by molar-refractivity contribution is -0.149. The third-order valence-corrected chi connectivity index (χ3v) is 3.42. The van der Waals surface area contributed by atoms with Gasteiger partial charge >= 0.3 is 5.97 Å². The van der Waals surface area contributed by atoms with E-state index in [0.29, 0.717) is 17.8 Å². The number of cyclic esters (lactones) is 1. The standard InChI is InChI=1S/C10H16O2/c1-9(2)6-7(9)10(3)5-4-8(11)12-10/h7H,4-6H2,1-3H3. The number of carbonyl (C=O) groups is 1. The molecular weight excluding hydrogens is 152 g/mol. The van der Waals surface area contributed by atoms with Crippen molar-refractivity contribution in [2.45, 2.75) is 45.6 Å². The van der Waals surface area contributed by atoms with Crippen LogP contribution in [0.15, 0.2) is 0 Å². The molecule has 1 heterocycles. The summed E-state index contributed by atoms with van der Waals surface area (Å²) in [6.07, 6.45) is 2.74. The number of carbonyl (C=O) groups excluding carboxylic acids is 1. The van der Waals surface area contributed by atoms with Crippen LogP contribution in [0.5, 0.6) is 0 Å². The van der Waals surface area contributed by atoms with Crippen LogP contribution in [0.25, 0.3) is 0 Å². The Kier molecular flexibility index (Phi) is 1.37. The fraction of sp³-hybridized carbons (Fsp3) is 0.900. The molecule has 1 saturated carbocycles. The lowest BCUT2D eigenvalue weighted by Gasteiger charge is -2.24. The first-order valence-corrected chi connectivity index (χ1v) is 4.66. The van der Waals surface area contributed by atoms with E-state index in [2.05, 4.69) is 20.8 Å². The normalized spacial score (nSPS) is 44.2. The Hall–Kier alpha value is -0.530. The Labute approximate surface area is 73.3 Å². The minimum Gasteiger partial charge on any atom is -0.459 e. The molecule has 2 unspecified atom stereocenters. The number of hydrogen-bond acceptors (Lipinski definition) is 2. The first-order chi connectivity index (χ1) is 5.44. The molecule has 0 aromatic carbocycles. The summed E-state index contributed by atoms with van der Waals surface area (Å²) in [5, 5.41) is 0. The summed E-state index contributed by atoms with van der Waals surface area (Å²) < 4.78 is 5.37. The topological polar surface area (TPSA) is 26.3 Å². The molecule has 68 valence electrons. The molecule has 0 radical (unpaired) electrons. The minimum atomic E-state index is -0.138. The van der Waals surface area contributed by atoms with Gasteiger partial charge in [0, 0.05) is 12.3 Å². The Morgan fingerprint density at radius 1 is 1.42 bits per heavy atom. The molecule has 0 aromatic rings. The Morgan fingerprint density at radius 3 is 2.33 bits per heavy atom. The zero-order chi connectivity index (χ0) is 8.98. The first kappa shape index (κ1) is 8.09. The summed E-state index contributed by atoms with van der Waals surface area (Å²) in [5.74, 6) is 0.580. The van der Waals surface area contributed by atoms with E-state index in [9.17, 15) is 4.79 Å². The van der Waals surface area contributed by atoms with Crippen LogP contribution in [0.1, 0.15) is 40.0 Å². The second kappa shape index (κ2) is 2.04. The Balaban J connectivity index is 2.09. The molecule has 1 aliphatic carbocycles. The van der Waals surface area contributed by atoms with Crippen molar-refractivity contribution in [3.63, 3.8) is 0 Å². The van der Waals surface area contributed by atoms with Gasteiger partial charge in [-0.25, -0.2) is 0 Å². The summed E-state index contributed by atoms with van der Waals surface area (Å²) in [6.45, 7) is 6.57. The van der Waals surface area contributed by atoms with Gasteiger partial charge in [-0.15, -0.1) is 0 Å². The van der Waals surface area contributed by atoms with E-state index in [0.717, 1.165) is 6.42 Å². The highest BCUT2D eigenvalue weighted by atomic mass is 16.6. The van der Waals surface area contributed by atoms with Crippen LogP contribution in [-0.2, 0) is 9.53 Å². The zero-order valence-electron chi connectivity index (χ0n) is 8.02. The van der Waals surface area contributed by atoms with Gasteiger partial charge in [-0.2, -0.15) is 0 Å². The zero-order valence-corrected chi connectivity index (χ0v) is 8.02. The number of ether oxygens (including phenoxy) is 1. The third kappa shape index (κ3) is 1.05. The second-order valence-corrected chi connectivity index (χ2v) is 5.03. The van der Waals surface area contributed by atoms with Crippen LogP contribution >= 0.6 is 0 Å². The highest BCUT2D eigenvalue weighted by molar-refractivity contribution is 5.72. The highest BCUT2D eigenvalue weighted by Gasteiger charge is 2.59. The SMILES string of the molecule is CC1(C)CC1C1(C)CCC(=O)O1. The van der Waals surface area contributed by atoms with Crippen LogP contribution < -0.4 is 0 Å². The molecule has 2 rings (SSSR count). The average Bonchev–Trinajstić information content (AvgIpc) is 2.43. The Bertz CT molecular complexity index is 232. The minimum absolute atomic E-state index is 0.0137. The molecule has 1 saturated heterocycles. The van der Waals surface area contributed by atoms with Crippen LogP contribution in [0.3, 0.4) is 0 Å². The van der Waals surface area contributed by atoms with Crippen molar-refractivity contribution in [3.05, 3.63) is 0 Å². The number of rotatable bonds is 1. The Morgan fingerprint density at radius 2 is 2.00 bits per heavy atom. The average molecular weight is 168 g/mol. The fourth-order valence-corrected chi connectivity index (χ4v) is 2.47. The first-order valence-electron chi connectivity index (χ1n) is 4.66. The molecule has 12 heavy (non-hydrogen) atoms. The summed E-state index contributed by atoms with van der Waals surface area (Å²) in [5.41, 5.74) is 0.264. The van der Waals surface area contributed by atoms with Gasteiger partial charge < -0.3 is 4.74 Å². The molecule has 0 amide bonds. The lowest BCUT2D eigenvalue weighted by atomic mass is 9.91. The maximum Gasteiger partial charge on any atom is 0.306 e. The molecule has 2 atom stereocenters. The van der Waals surface area contributed by atoms with E-state index in [1.807, 2.05) is 0 Å². The van der Waals surface area contributed by atoms with E-state index in [4.69, 9.17) is 4.74 Å². The van der Waals surface area contributed by atoms with Gasteiger partial charge in [0.05, 0.1) is 0 Å². The van der Waals surface area contributed by atoms with Crippen molar-refractivity contribution in [1.82, 2.24) is 0 Å². The molecule has 0 bridgehead atoms. The number of hydrogen-bond donors (Lipinski definition) is 0. The van der Waals surface area contributed by atoms with Crippen molar-refractivity contribution in [3.8, 4) is 0 Å². The van der Waals surface area contributed by atoms with Gasteiger partial charge in [0.25, 0.3) is 0 Å². The molecule has 2 heteroatoms. The van der Waals surface area contributed by atoms with Gasteiger partial charge in [0.1, 0.15) is 5.60 Å². The van der Waals surface area contributed by atoms with E-state index >= 15 is 0 Å². The maximum absolute atomic E-state index is 11.0. The molecule has 2 fully saturated rings. The van der Waals surface area contributed by atoms with Crippen molar-refractivity contribution < 1.29 is 9.53 Å². The summed E-state index contributed by atoms with van der Waals surface area (Å²) in [6, 6.07) is 0. The molecule has 1 aliphatic heterocycles. The fourth-order valence-electron chi connectivity index (χ4n) is 2.47. The maximum atomic E-state index is 11.0. The van der Waals surface area contributed by atoms with Gasteiger partial charge in [-0.05, 0) is 25.2 Å². The van der Waals surface area contributed by atoms with Crippen LogP contribution in [0.4, 0.5) is 0 Å². The van der Waals surface area contributed by atoms with E-state index in [1.54, 1.807) is 0 Å². The van der Waals surface area contributed by atoms with Crippen molar-refractivity contribution in [2.75, 3.05) is 0 Å². The molecule has 0 spiro atoms. The third-order valence-electron chi connectivity index (χ3n) is 3.42. The lowest BCUT2D eigenvalue weighted by Crippen LogP contribution is -2.28. The largest absolute Gasteiger partial charge is 0.459 e. The van der Waals surface area contributed by atoms with E-state index in [1.165, 1.54) is 6.42 Å². The van der Waals surface area contributed by atoms with Crippen molar-refractivity contribution in [2.24, 2.45) is 11.3 Å². The smallest absolute Gasteiger partial charge is 0.306 e. The van der Waals surface area contributed by atoms with Gasteiger partial charge in [-0.3, -0.25) is 4.79 Å². The predicted molar refractivity (Wildman–Crippen MR) is 45.6 cm³/mol. The molecule has 2 aliphatic rings. The van der Waals surface area contributed by atoms with E-state index in [-0.39, 0.29) is 11.6 Å². The number of esters is 1. The quantitative estimate of drug-likeness (QED) is 0.561. The molecule has 0 aromatic heterocycles. The van der Waals surface area contributed by atoms with Gasteiger partial charge in [0.15, 0.2) is 0 Å². The van der Waals surface area contributed by atoms with Crippen LogP contribution in [0, 0.1) is 11.3 Å². The van der Waals surface area contributed by atoms with Crippen LogP contribution in [0.2, 0.25) is 0 Å². The summed E-state index contributed by atoms with van der Waals surface area (Å²) in [7, 11) is 0. The molecular formula is C10H16O2. The summed E-state index contributed by atoms with van der Waals surface area (Å²) in [4.78, 5) is 11.0.